The van der Waals surface area contributed by atoms with Gasteiger partial charge in [0.25, 0.3) is 5.91 Å². The molecular formula is C16H20BrN5O. The van der Waals surface area contributed by atoms with E-state index in [4.69, 9.17) is 0 Å². The van der Waals surface area contributed by atoms with E-state index in [9.17, 15) is 4.79 Å². The molecular weight excluding hydrogens is 358 g/mol. The molecule has 0 aliphatic rings. The number of nitrogens with one attached hydrogen (secondary N) is 3. The number of anilines is 2. The number of nitrogens with zero attached hydrogens (tertiary/aromatic N) is 2. The van der Waals surface area contributed by atoms with Crippen LogP contribution in [0, 0.1) is 6.92 Å². The Labute approximate surface area is 144 Å². The van der Waals surface area contributed by atoms with E-state index in [1.165, 1.54) is 0 Å². The topological polar surface area (TPSA) is 78.9 Å². The number of hydrogen-bond donors (Lipinski definition) is 3. The van der Waals surface area contributed by atoms with Crippen LogP contribution < -0.4 is 16.0 Å². The van der Waals surface area contributed by atoms with Gasteiger partial charge in [0.05, 0.1) is 0 Å². The second kappa shape index (κ2) is 8.47. The Hall–Kier alpha value is -2.15. The Kier molecular flexibility index (Phi) is 6.34. The summed E-state index contributed by atoms with van der Waals surface area (Å²) in [6.45, 7) is 5.78. The highest BCUT2D eigenvalue weighted by Gasteiger charge is 2.05. The third-order valence-corrected chi connectivity index (χ3v) is 3.54. The molecule has 0 bridgehead atoms. The van der Waals surface area contributed by atoms with Crippen molar-refractivity contribution >= 4 is 33.6 Å². The van der Waals surface area contributed by atoms with E-state index in [0.717, 1.165) is 22.5 Å². The fraction of sp³-hybridized carbons (Fsp3) is 0.312. The zero-order valence-corrected chi connectivity index (χ0v) is 14.8. The third kappa shape index (κ3) is 5.52. The lowest BCUT2D eigenvalue weighted by Gasteiger charge is -2.09. The van der Waals surface area contributed by atoms with E-state index in [2.05, 4.69) is 41.8 Å². The highest BCUT2D eigenvalue weighted by atomic mass is 79.9. The Morgan fingerprint density at radius 3 is 2.57 bits per heavy atom. The van der Waals surface area contributed by atoms with Crippen molar-refractivity contribution < 1.29 is 4.79 Å². The minimum Gasteiger partial charge on any atom is -0.370 e. The Bertz CT molecular complexity index is 660. The Balaban J connectivity index is 1.81. The maximum absolute atomic E-state index is 12.0. The molecule has 2 rings (SSSR count). The summed E-state index contributed by atoms with van der Waals surface area (Å²) >= 11 is 3.35. The summed E-state index contributed by atoms with van der Waals surface area (Å²) in [5, 5.41) is 9.13. The molecule has 7 heteroatoms. The maximum Gasteiger partial charge on any atom is 0.251 e. The minimum absolute atomic E-state index is 0.0993. The van der Waals surface area contributed by atoms with Crippen molar-refractivity contribution in [3.05, 3.63) is 46.1 Å². The number of carbonyl (C=O) groups excluding carboxylic acids is 1. The lowest BCUT2D eigenvalue weighted by Crippen LogP contribution is -2.29. The Morgan fingerprint density at radius 1 is 1.13 bits per heavy atom. The predicted molar refractivity (Wildman–Crippen MR) is 95.9 cm³/mol. The molecule has 0 aliphatic carbocycles. The van der Waals surface area contributed by atoms with Gasteiger partial charge in [-0.05, 0) is 38.1 Å². The van der Waals surface area contributed by atoms with Gasteiger partial charge in [0, 0.05) is 41.4 Å². The van der Waals surface area contributed by atoms with Gasteiger partial charge in [-0.2, -0.15) is 4.98 Å². The maximum atomic E-state index is 12.0. The molecule has 0 spiro atoms. The first-order chi connectivity index (χ1) is 11.1. The summed E-state index contributed by atoms with van der Waals surface area (Å²) in [5.74, 6) is 1.25. The average Bonchev–Trinajstić information content (AvgIpc) is 2.52. The monoisotopic (exact) mass is 377 g/mol. The summed E-state index contributed by atoms with van der Waals surface area (Å²) in [7, 11) is 0. The fourth-order valence-corrected chi connectivity index (χ4v) is 2.24. The van der Waals surface area contributed by atoms with Crippen LogP contribution in [0.15, 0.2) is 34.8 Å². The van der Waals surface area contributed by atoms with Crippen LogP contribution in [0.3, 0.4) is 0 Å². The van der Waals surface area contributed by atoms with Crippen molar-refractivity contribution in [2.45, 2.75) is 13.8 Å². The zero-order chi connectivity index (χ0) is 16.7. The molecule has 0 fully saturated rings. The number of aryl methyl sites for hydroxylation is 1. The number of rotatable bonds is 7. The molecule has 2 aromatic rings. The number of benzene rings is 1. The van der Waals surface area contributed by atoms with Crippen LogP contribution in [0.2, 0.25) is 0 Å². The number of amides is 1. The van der Waals surface area contributed by atoms with Crippen LogP contribution in [-0.4, -0.2) is 35.5 Å². The summed E-state index contributed by atoms with van der Waals surface area (Å²) in [6.07, 6.45) is 0. The third-order valence-electron chi connectivity index (χ3n) is 3.01. The molecule has 0 saturated carbocycles. The van der Waals surface area contributed by atoms with E-state index in [-0.39, 0.29) is 5.91 Å². The van der Waals surface area contributed by atoms with E-state index in [1.807, 2.05) is 32.0 Å². The highest BCUT2D eigenvalue weighted by Crippen LogP contribution is 2.10. The molecule has 3 N–H and O–H groups in total. The first kappa shape index (κ1) is 17.2. The van der Waals surface area contributed by atoms with Crippen LogP contribution in [0.4, 0.5) is 11.8 Å². The summed E-state index contributed by atoms with van der Waals surface area (Å²) < 4.78 is 0.948. The molecule has 0 unspecified atom stereocenters. The van der Waals surface area contributed by atoms with Crippen molar-refractivity contribution in [2.24, 2.45) is 0 Å². The fourth-order valence-electron chi connectivity index (χ4n) is 1.97. The molecule has 0 radical (unpaired) electrons. The zero-order valence-electron chi connectivity index (χ0n) is 13.2. The molecule has 1 aromatic carbocycles. The molecule has 0 saturated heterocycles. The predicted octanol–water partition coefficient (Wildman–Crippen LogP) is 2.82. The molecule has 0 aliphatic heterocycles. The van der Waals surface area contributed by atoms with Gasteiger partial charge in [0.1, 0.15) is 5.82 Å². The van der Waals surface area contributed by atoms with Gasteiger partial charge in [-0.25, -0.2) is 4.98 Å². The first-order valence-corrected chi connectivity index (χ1v) is 8.25. The first-order valence-electron chi connectivity index (χ1n) is 7.45. The van der Waals surface area contributed by atoms with Crippen LogP contribution in [0.25, 0.3) is 0 Å². The van der Waals surface area contributed by atoms with Crippen LogP contribution in [0.5, 0.6) is 0 Å². The van der Waals surface area contributed by atoms with E-state index in [0.29, 0.717) is 24.6 Å². The largest absolute Gasteiger partial charge is 0.370 e. The van der Waals surface area contributed by atoms with Gasteiger partial charge in [-0.15, -0.1) is 0 Å². The summed E-state index contributed by atoms with van der Waals surface area (Å²) in [6, 6.07) is 9.13. The quantitative estimate of drug-likeness (QED) is 0.646. The van der Waals surface area contributed by atoms with Crippen molar-refractivity contribution in [3.63, 3.8) is 0 Å². The number of carbonyl (C=O) groups is 1. The summed E-state index contributed by atoms with van der Waals surface area (Å²) in [5.41, 5.74) is 1.52. The Morgan fingerprint density at radius 2 is 1.87 bits per heavy atom. The van der Waals surface area contributed by atoms with Gasteiger partial charge >= 0.3 is 0 Å². The minimum atomic E-state index is -0.0993. The van der Waals surface area contributed by atoms with Crippen molar-refractivity contribution in [3.8, 4) is 0 Å². The molecule has 1 aromatic heterocycles. The molecule has 0 atom stereocenters. The second-order valence-corrected chi connectivity index (χ2v) is 5.85. The van der Waals surface area contributed by atoms with Gasteiger partial charge < -0.3 is 16.0 Å². The number of halogens is 1. The smallest absolute Gasteiger partial charge is 0.251 e. The average molecular weight is 378 g/mol. The molecule has 1 amide bonds. The van der Waals surface area contributed by atoms with E-state index in [1.54, 1.807) is 12.1 Å². The second-order valence-electron chi connectivity index (χ2n) is 4.94. The number of aromatic nitrogens is 2. The lowest BCUT2D eigenvalue weighted by atomic mass is 10.2. The molecule has 1 heterocycles. The molecule has 122 valence electrons. The summed E-state index contributed by atoms with van der Waals surface area (Å²) in [4.78, 5) is 20.6. The van der Waals surface area contributed by atoms with E-state index < -0.39 is 0 Å². The standard InChI is InChI=1S/C16H20BrN5O/c1-3-18-14-10-11(2)21-16(22-14)20-9-8-19-15(23)12-4-6-13(17)7-5-12/h4-7,10H,3,8-9H2,1-2H3,(H,19,23)(H2,18,20,21,22). The normalized spacial score (nSPS) is 10.2. The number of hydrogen-bond acceptors (Lipinski definition) is 5. The molecule has 6 nitrogen and oxygen atoms in total. The van der Waals surface area contributed by atoms with Crippen LogP contribution in [-0.2, 0) is 0 Å². The van der Waals surface area contributed by atoms with Crippen molar-refractivity contribution in [2.75, 3.05) is 30.3 Å². The van der Waals surface area contributed by atoms with Gasteiger partial charge in [0.15, 0.2) is 0 Å². The van der Waals surface area contributed by atoms with Crippen molar-refractivity contribution in [1.29, 1.82) is 0 Å². The van der Waals surface area contributed by atoms with E-state index >= 15 is 0 Å². The van der Waals surface area contributed by atoms with Crippen molar-refractivity contribution in [1.82, 2.24) is 15.3 Å². The van der Waals surface area contributed by atoms with Gasteiger partial charge in [-0.1, -0.05) is 15.9 Å². The van der Waals surface area contributed by atoms with Gasteiger partial charge in [0.2, 0.25) is 5.95 Å². The lowest BCUT2D eigenvalue weighted by molar-refractivity contribution is 0.0955. The van der Waals surface area contributed by atoms with Gasteiger partial charge in [-0.3, -0.25) is 4.79 Å². The SMILES string of the molecule is CCNc1cc(C)nc(NCCNC(=O)c2ccc(Br)cc2)n1. The highest BCUT2D eigenvalue weighted by molar-refractivity contribution is 9.10. The molecule has 23 heavy (non-hydrogen) atoms. The van der Waals surface area contributed by atoms with Crippen LogP contribution in [0.1, 0.15) is 23.0 Å². The van der Waals surface area contributed by atoms with Crippen LogP contribution >= 0.6 is 15.9 Å².